The topological polar surface area (TPSA) is 50.4 Å². The summed E-state index contributed by atoms with van der Waals surface area (Å²) in [6.45, 7) is 6.76. The van der Waals surface area contributed by atoms with Crippen LogP contribution in [0.25, 0.3) is 0 Å². The molecule has 1 saturated heterocycles. The van der Waals surface area contributed by atoms with Crippen LogP contribution in [0.1, 0.15) is 33.1 Å². The molecule has 0 aromatic rings. The molecular weight excluding hydrogens is 240 g/mol. The van der Waals surface area contributed by atoms with Crippen LogP contribution in [0.15, 0.2) is 0 Å². The van der Waals surface area contributed by atoms with Gasteiger partial charge in [0.2, 0.25) is 0 Å². The number of ether oxygens (including phenoxy) is 1. The predicted molar refractivity (Wildman–Crippen MR) is 71.6 cm³/mol. The van der Waals surface area contributed by atoms with Gasteiger partial charge >= 0.3 is 0 Å². The van der Waals surface area contributed by atoms with E-state index in [9.17, 15) is 4.79 Å². The molecule has 17 heavy (non-hydrogen) atoms. The monoisotopic (exact) mass is 264 g/mol. The van der Waals surface area contributed by atoms with E-state index >= 15 is 0 Å². The molecule has 1 aliphatic heterocycles. The third kappa shape index (κ3) is 4.82. The minimum Gasteiger partial charge on any atom is -0.368 e. The maximum atomic E-state index is 12.1. The SMILES string of the molecule is COC1(C(=O)NCCC(C)C)CCNCC1.Cl. The van der Waals surface area contributed by atoms with Gasteiger partial charge in [0.15, 0.2) is 0 Å². The van der Waals surface area contributed by atoms with Crippen molar-refractivity contribution in [2.45, 2.75) is 38.7 Å². The molecular formula is C12H25ClN2O2. The summed E-state index contributed by atoms with van der Waals surface area (Å²) in [5.41, 5.74) is -0.595. The summed E-state index contributed by atoms with van der Waals surface area (Å²) in [6.07, 6.45) is 2.54. The van der Waals surface area contributed by atoms with Crippen LogP contribution in [0.4, 0.5) is 0 Å². The second kappa shape index (κ2) is 7.90. The number of nitrogens with one attached hydrogen (secondary N) is 2. The Morgan fingerprint density at radius 2 is 2.00 bits per heavy atom. The van der Waals surface area contributed by atoms with Crippen LogP contribution in [0.5, 0.6) is 0 Å². The van der Waals surface area contributed by atoms with E-state index in [-0.39, 0.29) is 18.3 Å². The van der Waals surface area contributed by atoms with Gasteiger partial charge in [0.1, 0.15) is 5.60 Å². The van der Waals surface area contributed by atoms with Crippen molar-refractivity contribution < 1.29 is 9.53 Å². The highest BCUT2D eigenvalue weighted by atomic mass is 35.5. The van der Waals surface area contributed by atoms with Gasteiger partial charge in [-0.05, 0) is 38.3 Å². The number of halogens is 1. The molecule has 1 fully saturated rings. The summed E-state index contributed by atoms with van der Waals surface area (Å²) in [6, 6.07) is 0. The zero-order valence-corrected chi connectivity index (χ0v) is 11.9. The Morgan fingerprint density at radius 1 is 1.41 bits per heavy atom. The fourth-order valence-corrected chi connectivity index (χ4v) is 1.99. The van der Waals surface area contributed by atoms with Gasteiger partial charge in [0, 0.05) is 13.7 Å². The molecule has 1 amide bonds. The smallest absolute Gasteiger partial charge is 0.252 e. The quantitative estimate of drug-likeness (QED) is 0.788. The lowest BCUT2D eigenvalue weighted by molar-refractivity contribution is -0.146. The average Bonchev–Trinajstić information content (AvgIpc) is 2.29. The highest BCUT2D eigenvalue weighted by Gasteiger charge is 2.39. The Balaban J connectivity index is 0.00000256. The van der Waals surface area contributed by atoms with Crippen molar-refractivity contribution in [3.8, 4) is 0 Å². The first-order chi connectivity index (χ1) is 7.60. The summed E-state index contributed by atoms with van der Waals surface area (Å²) >= 11 is 0. The molecule has 0 aromatic carbocycles. The van der Waals surface area contributed by atoms with Crippen molar-refractivity contribution in [1.82, 2.24) is 10.6 Å². The van der Waals surface area contributed by atoms with Crippen LogP contribution in [0.3, 0.4) is 0 Å². The average molecular weight is 265 g/mol. The van der Waals surface area contributed by atoms with E-state index in [1.165, 1.54) is 0 Å². The number of amides is 1. The Labute approximate surface area is 110 Å². The van der Waals surface area contributed by atoms with Crippen LogP contribution < -0.4 is 10.6 Å². The largest absolute Gasteiger partial charge is 0.368 e. The first-order valence-electron chi connectivity index (χ1n) is 6.15. The fraction of sp³-hybridized carbons (Fsp3) is 0.917. The van der Waals surface area contributed by atoms with Gasteiger partial charge in [-0.3, -0.25) is 4.79 Å². The molecule has 0 aromatic heterocycles. The Hall–Kier alpha value is -0.320. The normalized spacial score (nSPS) is 18.6. The van der Waals surface area contributed by atoms with Crippen molar-refractivity contribution in [2.75, 3.05) is 26.7 Å². The second-order valence-corrected chi connectivity index (χ2v) is 4.89. The van der Waals surface area contributed by atoms with Gasteiger partial charge in [0.05, 0.1) is 0 Å². The zero-order chi connectivity index (χ0) is 12.0. The van der Waals surface area contributed by atoms with E-state index in [0.717, 1.165) is 38.9 Å². The number of carbonyl (C=O) groups is 1. The molecule has 0 aliphatic carbocycles. The van der Waals surface area contributed by atoms with Crippen molar-refractivity contribution in [3.05, 3.63) is 0 Å². The van der Waals surface area contributed by atoms with Crippen molar-refractivity contribution >= 4 is 18.3 Å². The van der Waals surface area contributed by atoms with Gasteiger partial charge < -0.3 is 15.4 Å². The first kappa shape index (κ1) is 16.7. The van der Waals surface area contributed by atoms with Gasteiger partial charge in [0.25, 0.3) is 5.91 Å². The van der Waals surface area contributed by atoms with Crippen LogP contribution in [-0.2, 0) is 9.53 Å². The summed E-state index contributed by atoms with van der Waals surface area (Å²) < 4.78 is 5.45. The standard InChI is InChI=1S/C12H24N2O2.ClH/c1-10(2)4-7-14-11(15)12(16-3)5-8-13-9-6-12;/h10,13H,4-9H2,1-3H3,(H,14,15);1H. The number of hydrogen-bond donors (Lipinski definition) is 2. The molecule has 2 N–H and O–H groups in total. The number of rotatable bonds is 5. The molecule has 0 bridgehead atoms. The van der Waals surface area contributed by atoms with Gasteiger partial charge in [-0.2, -0.15) is 0 Å². The second-order valence-electron chi connectivity index (χ2n) is 4.89. The van der Waals surface area contributed by atoms with Crippen LogP contribution in [0, 0.1) is 5.92 Å². The Kier molecular flexibility index (Phi) is 7.75. The number of methoxy groups -OCH3 is 1. The van der Waals surface area contributed by atoms with Crippen LogP contribution >= 0.6 is 12.4 Å². The molecule has 0 radical (unpaired) electrons. The van der Waals surface area contributed by atoms with E-state index < -0.39 is 5.60 Å². The molecule has 1 aliphatic rings. The Bertz CT molecular complexity index is 229. The highest BCUT2D eigenvalue weighted by Crippen LogP contribution is 2.22. The van der Waals surface area contributed by atoms with E-state index in [0.29, 0.717) is 5.92 Å². The first-order valence-corrected chi connectivity index (χ1v) is 6.15. The van der Waals surface area contributed by atoms with E-state index in [4.69, 9.17) is 4.74 Å². The third-order valence-corrected chi connectivity index (χ3v) is 3.22. The minimum atomic E-state index is -0.595. The van der Waals surface area contributed by atoms with Crippen molar-refractivity contribution in [3.63, 3.8) is 0 Å². The molecule has 0 saturated carbocycles. The molecule has 0 spiro atoms. The summed E-state index contributed by atoms with van der Waals surface area (Å²) in [4.78, 5) is 12.1. The molecule has 5 heteroatoms. The Morgan fingerprint density at radius 3 is 2.47 bits per heavy atom. The van der Waals surface area contributed by atoms with Crippen molar-refractivity contribution in [1.29, 1.82) is 0 Å². The summed E-state index contributed by atoms with van der Waals surface area (Å²) in [7, 11) is 1.63. The van der Waals surface area contributed by atoms with Gasteiger partial charge in [-0.1, -0.05) is 13.8 Å². The zero-order valence-electron chi connectivity index (χ0n) is 11.0. The van der Waals surface area contributed by atoms with Gasteiger partial charge in [-0.15, -0.1) is 12.4 Å². The molecule has 0 unspecified atom stereocenters. The summed E-state index contributed by atoms with van der Waals surface area (Å²) in [5, 5.41) is 6.23. The summed E-state index contributed by atoms with van der Waals surface area (Å²) in [5.74, 6) is 0.670. The lowest BCUT2D eigenvalue weighted by Crippen LogP contribution is -2.54. The fourth-order valence-electron chi connectivity index (χ4n) is 1.99. The number of carbonyl (C=O) groups excluding carboxylic acids is 1. The van der Waals surface area contributed by atoms with Crippen LogP contribution in [0.2, 0.25) is 0 Å². The van der Waals surface area contributed by atoms with E-state index in [1.54, 1.807) is 7.11 Å². The molecule has 4 nitrogen and oxygen atoms in total. The van der Waals surface area contributed by atoms with Crippen LogP contribution in [-0.4, -0.2) is 38.3 Å². The minimum absolute atomic E-state index is 0. The highest BCUT2D eigenvalue weighted by molar-refractivity contribution is 5.85. The third-order valence-electron chi connectivity index (χ3n) is 3.22. The maximum Gasteiger partial charge on any atom is 0.252 e. The lowest BCUT2D eigenvalue weighted by Gasteiger charge is -2.34. The molecule has 0 atom stereocenters. The molecule has 102 valence electrons. The molecule has 1 rings (SSSR count). The predicted octanol–water partition coefficient (Wildman–Crippen LogP) is 1.34. The molecule has 1 heterocycles. The maximum absolute atomic E-state index is 12.1. The van der Waals surface area contributed by atoms with Crippen molar-refractivity contribution in [2.24, 2.45) is 5.92 Å². The van der Waals surface area contributed by atoms with E-state index in [1.807, 2.05) is 0 Å². The van der Waals surface area contributed by atoms with E-state index in [2.05, 4.69) is 24.5 Å². The lowest BCUT2D eigenvalue weighted by atomic mass is 9.91. The van der Waals surface area contributed by atoms with Gasteiger partial charge in [-0.25, -0.2) is 0 Å². The number of hydrogen-bond acceptors (Lipinski definition) is 3. The number of piperidine rings is 1.